The van der Waals surface area contributed by atoms with E-state index in [-0.39, 0.29) is 34.9 Å². The number of benzene rings is 2. The number of hydrogen-bond acceptors (Lipinski definition) is 4. The average molecular weight is 486 g/mol. The Labute approximate surface area is 201 Å². The van der Waals surface area contributed by atoms with Crippen molar-refractivity contribution in [2.45, 2.75) is 51.7 Å². The maximum absolute atomic E-state index is 14.4. The van der Waals surface area contributed by atoms with Gasteiger partial charge in [-0.1, -0.05) is 70.2 Å². The van der Waals surface area contributed by atoms with E-state index in [0.29, 0.717) is 24.3 Å². The monoisotopic (exact) mass is 485 g/mol. The van der Waals surface area contributed by atoms with E-state index in [4.69, 9.17) is 0 Å². The molecule has 182 valence electrons. The number of hydrogen-bond donors (Lipinski definition) is 0. The fraction of sp³-hybridized carbons (Fsp3) is 0.385. The largest absolute Gasteiger partial charge is 0.332 e. The third-order valence-electron chi connectivity index (χ3n) is 5.26. The number of halogens is 1. The number of amides is 1. The Morgan fingerprint density at radius 3 is 2.26 bits per heavy atom. The fourth-order valence-electron chi connectivity index (χ4n) is 3.85. The maximum Gasteiger partial charge on any atom is 0.257 e. The van der Waals surface area contributed by atoms with Crippen LogP contribution in [0.25, 0.3) is 0 Å². The summed E-state index contributed by atoms with van der Waals surface area (Å²) >= 11 is 0. The van der Waals surface area contributed by atoms with Gasteiger partial charge in [-0.05, 0) is 29.5 Å². The highest BCUT2D eigenvalue weighted by atomic mass is 32.2. The van der Waals surface area contributed by atoms with Gasteiger partial charge in [-0.15, -0.1) is 0 Å². The van der Waals surface area contributed by atoms with Gasteiger partial charge in [0.1, 0.15) is 5.82 Å². The topological polar surface area (TPSA) is 72.3 Å². The molecule has 0 aliphatic carbocycles. The van der Waals surface area contributed by atoms with Gasteiger partial charge in [0.25, 0.3) is 5.91 Å². The van der Waals surface area contributed by atoms with Crippen LogP contribution in [-0.2, 0) is 28.7 Å². The van der Waals surface area contributed by atoms with Crippen molar-refractivity contribution in [1.82, 2.24) is 14.5 Å². The molecule has 0 saturated heterocycles. The van der Waals surface area contributed by atoms with Gasteiger partial charge in [0.05, 0.1) is 29.8 Å². The van der Waals surface area contributed by atoms with E-state index in [1.165, 1.54) is 18.3 Å². The molecule has 3 aromatic rings. The molecule has 1 amide bonds. The molecule has 2 aromatic carbocycles. The van der Waals surface area contributed by atoms with Gasteiger partial charge < -0.3 is 9.47 Å². The van der Waals surface area contributed by atoms with Gasteiger partial charge in [-0.2, -0.15) is 0 Å². The van der Waals surface area contributed by atoms with Gasteiger partial charge >= 0.3 is 0 Å². The first-order valence-corrected chi connectivity index (χ1v) is 13.1. The fourth-order valence-corrected chi connectivity index (χ4v) is 5.35. The minimum Gasteiger partial charge on any atom is -0.332 e. The molecule has 0 bridgehead atoms. The zero-order valence-corrected chi connectivity index (χ0v) is 20.9. The summed E-state index contributed by atoms with van der Waals surface area (Å²) in [6.45, 7) is 8.90. The summed E-state index contributed by atoms with van der Waals surface area (Å²) in [4.78, 5) is 19.1. The number of imidazole rings is 1. The first-order valence-electron chi connectivity index (χ1n) is 11.4. The third kappa shape index (κ3) is 6.32. The first-order chi connectivity index (χ1) is 16.1. The van der Waals surface area contributed by atoms with Gasteiger partial charge in [0.2, 0.25) is 15.0 Å². The molecule has 0 N–H and O–H groups in total. The average Bonchev–Trinajstić information content (AvgIpc) is 3.15. The van der Waals surface area contributed by atoms with Crippen LogP contribution in [0.2, 0.25) is 0 Å². The molecule has 0 saturated carbocycles. The summed E-state index contributed by atoms with van der Waals surface area (Å²) in [6.07, 6.45) is 1.52. The van der Waals surface area contributed by atoms with Crippen molar-refractivity contribution in [2.24, 2.45) is 11.8 Å². The summed E-state index contributed by atoms with van der Waals surface area (Å²) in [6, 6.07) is 14.9. The maximum atomic E-state index is 14.4. The summed E-state index contributed by atoms with van der Waals surface area (Å²) in [7, 11) is -3.72. The molecule has 34 heavy (non-hydrogen) atoms. The van der Waals surface area contributed by atoms with E-state index in [9.17, 15) is 17.6 Å². The van der Waals surface area contributed by atoms with Crippen LogP contribution < -0.4 is 0 Å². The summed E-state index contributed by atoms with van der Waals surface area (Å²) in [5, 5.41) is -0.0112. The molecule has 3 rings (SSSR count). The van der Waals surface area contributed by atoms with Gasteiger partial charge in [0.15, 0.2) is 0 Å². The molecule has 8 heteroatoms. The predicted octanol–water partition coefficient (Wildman–Crippen LogP) is 4.95. The molecule has 0 spiro atoms. The van der Waals surface area contributed by atoms with Gasteiger partial charge in [-0.3, -0.25) is 4.79 Å². The second kappa shape index (κ2) is 11.0. The quantitative estimate of drug-likeness (QED) is 0.407. The standard InChI is InChI=1S/C26H32FN3O3S/c1-19(2)15-29(25(31)23-12-8-9-13-24(23)27)17-22-14-28-26(30(22)16-20(3)4)34(32,33)18-21-10-6-5-7-11-21/h5-14,19-20H,15-18H2,1-4H3. The molecule has 1 heterocycles. The molecular weight excluding hydrogens is 453 g/mol. The van der Waals surface area contributed by atoms with Crippen molar-refractivity contribution in [2.75, 3.05) is 6.54 Å². The lowest BCUT2D eigenvalue weighted by atomic mass is 10.1. The molecule has 0 aliphatic rings. The summed E-state index contributed by atoms with van der Waals surface area (Å²) in [5.74, 6) is -0.884. The lowest BCUT2D eigenvalue weighted by molar-refractivity contribution is 0.0713. The van der Waals surface area contributed by atoms with Crippen molar-refractivity contribution in [3.63, 3.8) is 0 Å². The highest BCUT2D eigenvalue weighted by Gasteiger charge is 2.27. The molecule has 0 atom stereocenters. The van der Waals surface area contributed by atoms with Crippen molar-refractivity contribution < 1.29 is 17.6 Å². The Hall–Kier alpha value is -3.00. The van der Waals surface area contributed by atoms with E-state index in [1.807, 2.05) is 33.8 Å². The first kappa shape index (κ1) is 25.6. The number of carbonyl (C=O) groups is 1. The number of sulfone groups is 1. The number of nitrogens with zero attached hydrogens (tertiary/aromatic N) is 3. The van der Waals surface area contributed by atoms with E-state index in [2.05, 4.69) is 4.98 Å². The van der Waals surface area contributed by atoms with Crippen LogP contribution >= 0.6 is 0 Å². The van der Waals surface area contributed by atoms with Crippen LogP contribution in [0.4, 0.5) is 4.39 Å². The molecule has 6 nitrogen and oxygen atoms in total. The van der Waals surface area contributed by atoms with Crippen LogP contribution in [0.5, 0.6) is 0 Å². The summed E-state index contributed by atoms with van der Waals surface area (Å²) < 4.78 is 42.6. The third-order valence-corrected chi connectivity index (χ3v) is 6.85. The molecule has 0 fully saturated rings. The van der Waals surface area contributed by atoms with E-state index >= 15 is 0 Å². The Balaban J connectivity index is 1.98. The molecule has 0 aliphatic heterocycles. The smallest absolute Gasteiger partial charge is 0.257 e. The Morgan fingerprint density at radius 2 is 1.65 bits per heavy atom. The number of carbonyl (C=O) groups excluding carboxylic acids is 1. The van der Waals surface area contributed by atoms with Crippen LogP contribution in [-0.4, -0.2) is 35.3 Å². The van der Waals surface area contributed by atoms with Crippen molar-refractivity contribution >= 4 is 15.7 Å². The van der Waals surface area contributed by atoms with Crippen LogP contribution in [0, 0.1) is 17.7 Å². The van der Waals surface area contributed by atoms with Crippen LogP contribution in [0.3, 0.4) is 0 Å². The van der Waals surface area contributed by atoms with Gasteiger partial charge in [0, 0.05) is 13.1 Å². The SMILES string of the molecule is CC(C)CN(Cc1cnc(S(=O)(=O)Cc2ccccc2)n1CC(C)C)C(=O)c1ccccc1F. The van der Waals surface area contributed by atoms with Crippen molar-refractivity contribution in [3.8, 4) is 0 Å². The second-order valence-corrected chi connectivity index (χ2v) is 11.2. The lowest BCUT2D eigenvalue weighted by Crippen LogP contribution is -2.35. The lowest BCUT2D eigenvalue weighted by Gasteiger charge is -2.26. The van der Waals surface area contributed by atoms with Crippen LogP contribution in [0.15, 0.2) is 66.0 Å². The van der Waals surface area contributed by atoms with E-state index < -0.39 is 21.6 Å². The van der Waals surface area contributed by atoms with E-state index in [1.54, 1.807) is 45.9 Å². The van der Waals surface area contributed by atoms with Crippen molar-refractivity contribution in [3.05, 3.63) is 83.4 Å². The Kier molecular flexibility index (Phi) is 8.25. The highest BCUT2D eigenvalue weighted by molar-refractivity contribution is 7.90. The number of aromatic nitrogens is 2. The minimum absolute atomic E-state index is 0.00463. The van der Waals surface area contributed by atoms with E-state index in [0.717, 1.165) is 0 Å². The summed E-state index contributed by atoms with van der Waals surface area (Å²) in [5.41, 5.74) is 1.28. The normalized spacial score (nSPS) is 11.9. The van der Waals surface area contributed by atoms with Gasteiger partial charge in [-0.25, -0.2) is 17.8 Å². The zero-order chi connectivity index (χ0) is 24.9. The second-order valence-electron chi connectivity index (χ2n) is 9.34. The van der Waals surface area contributed by atoms with Crippen molar-refractivity contribution in [1.29, 1.82) is 0 Å². The predicted molar refractivity (Wildman–Crippen MR) is 130 cm³/mol. The molecule has 0 unspecified atom stereocenters. The number of rotatable bonds is 10. The molecule has 0 radical (unpaired) electrons. The van der Waals surface area contributed by atoms with Crippen LogP contribution in [0.1, 0.15) is 49.3 Å². The zero-order valence-electron chi connectivity index (χ0n) is 20.1. The highest BCUT2D eigenvalue weighted by Crippen LogP contribution is 2.22. The molecular formula is C26H32FN3O3S. The Bertz CT molecular complexity index is 1220. The minimum atomic E-state index is -3.72. The molecule has 1 aromatic heterocycles. The Morgan fingerprint density at radius 1 is 1.00 bits per heavy atom.